The van der Waals surface area contributed by atoms with Gasteiger partial charge in [-0.1, -0.05) is 48.0 Å². The molecule has 204 valence electrons. The first kappa shape index (κ1) is 24.8. The highest BCUT2D eigenvalue weighted by molar-refractivity contribution is 6.35. The normalized spacial score (nSPS) is 18.3. The molecule has 1 fully saturated rings. The van der Waals surface area contributed by atoms with E-state index in [1.54, 1.807) is 23.1 Å². The fourth-order valence-corrected chi connectivity index (χ4v) is 6.62. The van der Waals surface area contributed by atoms with Gasteiger partial charge in [0.1, 0.15) is 11.2 Å². The van der Waals surface area contributed by atoms with Crippen molar-refractivity contribution in [1.82, 2.24) is 35.1 Å². The molecule has 3 aliphatic rings. The van der Waals surface area contributed by atoms with Crippen LogP contribution in [0, 0.1) is 0 Å². The van der Waals surface area contributed by atoms with Crippen molar-refractivity contribution >= 4 is 40.2 Å². The van der Waals surface area contributed by atoms with E-state index in [0.29, 0.717) is 85.7 Å². The molecular weight excluding hydrogens is 530 g/mol. The van der Waals surface area contributed by atoms with Gasteiger partial charge in [-0.05, 0) is 42.5 Å². The lowest BCUT2D eigenvalue weighted by Gasteiger charge is -2.45. The van der Waals surface area contributed by atoms with Gasteiger partial charge in [0.25, 0.3) is 11.8 Å². The molecule has 10 nitrogen and oxygen atoms in total. The first-order chi connectivity index (χ1) is 19.4. The lowest BCUT2D eigenvalue weighted by molar-refractivity contribution is -0.124. The van der Waals surface area contributed by atoms with E-state index in [4.69, 9.17) is 11.6 Å². The largest absolute Gasteiger partial charge is 0.346 e. The maximum absolute atomic E-state index is 13.5. The van der Waals surface area contributed by atoms with Gasteiger partial charge in [0, 0.05) is 31.6 Å². The second kappa shape index (κ2) is 9.48. The second-order valence-electron chi connectivity index (χ2n) is 10.8. The minimum atomic E-state index is -0.435. The van der Waals surface area contributed by atoms with Crippen LogP contribution in [0.15, 0.2) is 48.5 Å². The van der Waals surface area contributed by atoms with Crippen LogP contribution in [0.25, 0.3) is 10.9 Å². The average molecular weight is 558 g/mol. The lowest BCUT2D eigenvalue weighted by atomic mass is 9.75. The van der Waals surface area contributed by atoms with Crippen molar-refractivity contribution in [2.75, 3.05) is 19.6 Å². The van der Waals surface area contributed by atoms with Crippen molar-refractivity contribution in [2.24, 2.45) is 0 Å². The highest BCUT2D eigenvalue weighted by Crippen LogP contribution is 2.38. The van der Waals surface area contributed by atoms with Crippen LogP contribution in [0.2, 0.25) is 5.02 Å². The quantitative estimate of drug-likeness (QED) is 0.392. The van der Waals surface area contributed by atoms with Gasteiger partial charge in [-0.15, -0.1) is 0 Å². The van der Waals surface area contributed by atoms with E-state index in [9.17, 15) is 14.4 Å². The van der Waals surface area contributed by atoms with Gasteiger partial charge in [-0.2, -0.15) is 10.2 Å². The molecule has 2 N–H and O–H groups in total. The van der Waals surface area contributed by atoms with Gasteiger partial charge >= 0.3 is 0 Å². The van der Waals surface area contributed by atoms with Gasteiger partial charge in [-0.25, -0.2) is 0 Å². The van der Waals surface area contributed by atoms with Crippen LogP contribution in [0.1, 0.15) is 57.1 Å². The number of halogens is 1. The van der Waals surface area contributed by atoms with Crippen molar-refractivity contribution < 1.29 is 14.4 Å². The summed E-state index contributed by atoms with van der Waals surface area (Å²) in [4.78, 5) is 43.0. The van der Waals surface area contributed by atoms with E-state index >= 15 is 0 Å². The number of hydrogen-bond acceptors (Lipinski definition) is 5. The predicted octanol–water partition coefficient (Wildman–Crippen LogP) is 3.26. The van der Waals surface area contributed by atoms with Crippen LogP contribution < -0.4 is 5.32 Å². The van der Waals surface area contributed by atoms with Crippen LogP contribution in [0.5, 0.6) is 0 Å². The Morgan fingerprint density at radius 2 is 1.77 bits per heavy atom. The topological polar surface area (TPSA) is 116 Å². The number of hydrogen-bond donors (Lipinski definition) is 2. The third-order valence-electron chi connectivity index (χ3n) is 8.44. The number of H-pyrrole nitrogens is 1. The van der Waals surface area contributed by atoms with Crippen LogP contribution in [0.4, 0.5) is 0 Å². The molecule has 0 saturated carbocycles. The van der Waals surface area contributed by atoms with E-state index in [0.717, 1.165) is 16.8 Å². The molecule has 0 unspecified atom stereocenters. The number of likely N-dealkylation sites (tertiary alicyclic amines) is 1. The van der Waals surface area contributed by atoms with Crippen LogP contribution >= 0.6 is 11.6 Å². The molecule has 0 aliphatic carbocycles. The molecule has 1 spiro atoms. The number of nitrogens with zero attached hydrogens (tertiary/aromatic N) is 5. The van der Waals surface area contributed by atoms with E-state index in [1.165, 1.54) is 0 Å². The Kier molecular flexibility index (Phi) is 5.88. The maximum atomic E-state index is 13.5. The number of para-hydroxylation sites is 1. The summed E-state index contributed by atoms with van der Waals surface area (Å²) in [6.45, 7) is 2.57. The van der Waals surface area contributed by atoms with Crippen molar-refractivity contribution in [2.45, 2.75) is 44.3 Å². The molecular formula is C29H28ClN7O3. The van der Waals surface area contributed by atoms with Gasteiger partial charge < -0.3 is 15.1 Å². The van der Waals surface area contributed by atoms with Crippen molar-refractivity contribution in [3.63, 3.8) is 0 Å². The number of nitrogens with one attached hydrogen (secondary N) is 2. The highest BCUT2D eigenvalue weighted by Gasteiger charge is 2.43. The minimum Gasteiger partial charge on any atom is -0.346 e. The number of piperidine rings is 1. The molecule has 7 rings (SSSR count). The monoisotopic (exact) mass is 557 g/mol. The van der Waals surface area contributed by atoms with Gasteiger partial charge in [0.2, 0.25) is 5.91 Å². The Bertz CT molecular complexity index is 1670. The molecule has 4 aromatic rings. The molecule has 2 aromatic heterocycles. The summed E-state index contributed by atoms with van der Waals surface area (Å²) in [6.07, 6.45) is 2.41. The third-order valence-corrected chi connectivity index (χ3v) is 8.74. The molecule has 11 heteroatoms. The molecule has 0 atom stereocenters. The number of rotatable bonds is 2. The Balaban J connectivity index is 1.07. The Morgan fingerprint density at radius 3 is 2.62 bits per heavy atom. The molecule has 5 heterocycles. The van der Waals surface area contributed by atoms with E-state index in [2.05, 4.69) is 26.7 Å². The smallest absolute Gasteiger partial charge is 0.274 e. The third kappa shape index (κ3) is 4.05. The average Bonchev–Trinajstić information content (AvgIpc) is 3.52. The Labute approximate surface area is 235 Å². The summed E-state index contributed by atoms with van der Waals surface area (Å²) in [7, 11) is 0. The number of carbonyl (C=O) groups is 3. The summed E-state index contributed by atoms with van der Waals surface area (Å²) in [6, 6.07) is 15.3. The number of carbonyl (C=O) groups excluding carboxylic acids is 3. The van der Waals surface area contributed by atoms with E-state index in [-0.39, 0.29) is 17.7 Å². The van der Waals surface area contributed by atoms with Gasteiger partial charge in [-0.3, -0.25) is 24.2 Å². The SMILES string of the molecule is O=C1Cc2ccccc2C2(CCN(C(=O)c3cc4n(n3)CCCN(C(=O)c3[nH]nc5c(Cl)cccc35)C4)CC2)N1. The highest BCUT2D eigenvalue weighted by atomic mass is 35.5. The number of benzene rings is 2. The zero-order valence-electron chi connectivity index (χ0n) is 21.8. The van der Waals surface area contributed by atoms with Crippen LogP contribution in [-0.2, 0) is 29.8 Å². The molecule has 0 bridgehead atoms. The summed E-state index contributed by atoms with van der Waals surface area (Å²) in [5.74, 6) is -0.261. The molecule has 3 aliphatic heterocycles. The summed E-state index contributed by atoms with van der Waals surface area (Å²) in [5, 5.41) is 16.1. The fourth-order valence-electron chi connectivity index (χ4n) is 6.40. The van der Waals surface area contributed by atoms with Crippen molar-refractivity contribution in [3.8, 4) is 0 Å². The number of amides is 3. The predicted molar refractivity (Wildman–Crippen MR) is 148 cm³/mol. The number of aryl methyl sites for hydroxylation is 1. The molecule has 2 aromatic carbocycles. The zero-order chi connectivity index (χ0) is 27.4. The Hall–Kier alpha value is -4.18. The lowest BCUT2D eigenvalue weighted by Crippen LogP contribution is -2.56. The van der Waals surface area contributed by atoms with E-state index in [1.807, 2.05) is 33.8 Å². The van der Waals surface area contributed by atoms with Gasteiger partial charge in [0.05, 0.1) is 29.2 Å². The maximum Gasteiger partial charge on any atom is 0.274 e. The second-order valence-corrected chi connectivity index (χ2v) is 11.2. The molecule has 3 amide bonds. The standard InChI is InChI=1S/C29H28ClN7O3/c30-22-8-3-6-20-25(22)32-33-26(20)28(40)36-11-4-12-37-19(17-36)16-23(34-37)27(39)35-13-9-29(10-14-35)21-7-2-1-5-18(21)15-24(38)31-29/h1-3,5-8,16H,4,9-15,17H2,(H,31,38)(H,32,33). The summed E-state index contributed by atoms with van der Waals surface area (Å²) >= 11 is 6.25. The number of aromatic amines is 1. The molecule has 1 saturated heterocycles. The molecule has 0 radical (unpaired) electrons. The number of fused-ring (bicyclic) bond motifs is 4. The first-order valence-corrected chi connectivity index (χ1v) is 14.0. The van der Waals surface area contributed by atoms with Crippen molar-refractivity contribution in [1.29, 1.82) is 0 Å². The zero-order valence-corrected chi connectivity index (χ0v) is 22.6. The van der Waals surface area contributed by atoms with Crippen molar-refractivity contribution in [3.05, 3.63) is 81.8 Å². The summed E-state index contributed by atoms with van der Waals surface area (Å²) < 4.78 is 1.84. The number of aromatic nitrogens is 4. The first-order valence-electron chi connectivity index (χ1n) is 13.6. The van der Waals surface area contributed by atoms with E-state index < -0.39 is 5.54 Å². The van der Waals surface area contributed by atoms with Crippen LogP contribution in [0.3, 0.4) is 0 Å². The Morgan fingerprint density at radius 1 is 0.950 bits per heavy atom. The van der Waals surface area contributed by atoms with Crippen LogP contribution in [-0.4, -0.2) is 67.1 Å². The van der Waals surface area contributed by atoms with Gasteiger partial charge in [0.15, 0.2) is 5.69 Å². The fraction of sp³-hybridized carbons (Fsp3) is 0.345. The summed E-state index contributed by atoms with van der Waals surface area (Å²) in [5.41, 5.74) is 3.96. The minimum absolute atomic E-state index is 0.0293. The molecule has 40 heavy (non-hydrogen) atoms.